The van der Waals surface area contributed by atoms with E-state index in [1.54, 1.807) is 6.26 Å². The number of furan rings is 1. The minimum atomic E-state index is 0.0959. The summed E-state index contributed by atoms with van der Waals surface area (Å²) in [6, 6.07) is 8.55. The highest BCUT2D eigenvalue weighted by atomic mass is 16.3. The van der Waals surface area contributed by atoms with Gasteiger partial charge in [-0.3, -0.25) is 19.6 Å². The molecule has 4 heterocycles. The van der Waals surface area contributed by atoms with E-state index in [2.05, 4.69) is 32.2 Å². The first kappa shape index (κ1) is 19.2. The number of aromatic nitrogens is 1. The van der Waals surface area contributed by atoms with E-state index in [-0.39, 0.29) is 11.8 Å². The van der Waals surface area contributed by atoms with Gasteiger partial charge in [0.15, 0.2) is 0 Å². The molecule has 150 valence electrons. The minimum Gasteiger partial charge on any atom is -0.467 e. The van der Waals surface area contributed by atoms with Crippen LogP contribution in [-0.4, -0.2) is 52.9 Å². The van der Waals surface area contributed by atoms with Gasteiger partial charge < -0.3 is 9.73 Å². The average molecular weight is 383 g/mol. The second kappa shape index (κ2) is 9.34. The maximum Gasteiger partial charge on any atom is 0.224 e. The zero-order valence-corrected chi connectivity index (χ0v) is 16.4. The van der Waals surface area contributed by atoms with E-state index in [0.717, 1.165) is 51.3 Å². The lowest BCUT2D eigenvalue weighted by molar-refractivity contribution is -0.127. The average Bonchev–Trinajstić information content (AvgIpc) is 3.27. The van der Waals surface area contributed by atoms with Crippen LogP contribution in [0.3, 0.4) is 0 Å². The second-order valence-corrected chi connectivity index (χ2v) is 7.99. The SMILES string of the molecule is O=C(NCc1ccco1)[C@@H]1CCCN(C2CCN(Cc3ccncc3)CC2)C1. The van der Waals surface area contributed by atoms with Gasteiger partial charge in [0, 0.05) is 31.5 Å². The van der Waals surface area contributed by atoms with Crippen LogP contribution in [0.4, 0.5) is 0 Å². The fourth-order valence-corrected chi connectivity index (χ4v) is 4.47. The molecule has 1 N–H and O–H groups in total. The third-order valence-corrected chi connectivity index (χ3v) is 6.07. The largest absolute Gasteiger partial charge is 0.467 e. The zero-order valence-electron chi connectivity index (χ0n) is 16.4. The smallest absolute Gasteiger partial charge is 0.224 e. The first-order valence-electron chi connectivity index (χ1n) is 10.4. The summed E-state index contributed by atoms with van der Waals surface area (Å²) >= 11 is 0. The summed E-state index contributed by atoms with van der Waals surface area (Å²) in [4.78, 5) is 21.8. The van der Waals surface area contributed by atoms with E-state index in [9.17, 15) is 4.79 Å². The number of piperidine rings is 2. The highest BCUT2D eigenvalue weighted by Crippen LogP contribution is 2.24. The molecule has 0 radical (unpaired) electrons. The number of hydrogen-bond acceptors (Lipinski definition) is 5. The lowest BCUT2D eigenvalue weighted by Crippen LogP contribution is -2.50. The molecule has 0 unspecified atom stereocenters. The molecule has 2 fully saturated rings. The van der Waals surface area contributed by atoms with Crippen LogP contribution in [0.5, 0.6) is 0 Å². The highest BCUT2D eigenvalue weighted by Gasteiger charge is 2.31. The Bertz CT molecular complexity index is 726. The Morgan fingerprint density at radius 3 is 2.71 bits per heavy atom. The van der Waals surface area contributed by atoms with Gasteiger partial charge in [-0.25, -0.2) is 0 Å². The monoisotopic (exact) mass is 382 g/mol. The molecule has 28 heavy (non-hydrogen) atoms. The van der Waals surface area contributed by atoms with Gasteiger partial charge in [-0.2, -0.15) is 0 Å². The van der Waals surface area contributed by atoms with Crippen LogP contribution in [0.15, 0.2) is 47.3 Å². The van der Waals surface area contributed by atoms with Crippen molar-refractivity contribution >= 4 is 5.91 Å². The molecule has 2 aliphatic heterocycles. The van der Waals surface area contributed by atoms with Gasteiger partial charge in [0.1, 0.15) is 5.76 Å². The van der Waals surface area contributed by atoms with E-state index >= 15 is 0 Å². The van der Waals surface area contributed by atoms with Crippen molar-refractivity contribution in [3.63, 3.8) is 0 Å². The van der Waals surface area contributed by atoms with Gasteiger partial charge in [-0.05, 0) is 75.1 Å². The van der Waals surface area contributed by atoms with Crippen molar-refractivity contribution in [2.45, 2.75) is 44.8 Å². The van der Waals surface area contributed by atoms with Crippen LogP contribution in [0.1, 0.15) is 37.0 Å². The van der Waals surface area contributed by atoms with Gasteiger partial charge >= 0.3 is 0 Å². The lowest BCUT2D eigenvalue weighted by Gasteiger charge is -2.42. The summed E-state index contributed by atoms with van der Waals surface area (Å²) in [7, 11) is 0. The maximum atomic E-state index is 12.6. The third kappa shape index (κ3) is 5.00. The Morgan fingerprint density at radius 1 is 1.14 bits per heavy atom. The first-order chi connectivity index (χ1) is 13.8. The van der Waals surface area contributed by atoms with Gasteiger partial charge in [0.2, 0.25) is 5.91 Å². The number of rotatable bonds is 6. The minimum absolute atomic E-state index is 0.0959. The third-order valence-electron chi connectivity index (χ3n) is 6.07. The molecule has 2 aliphatic rings. The number of nitrogens with one attached hydrogen (secondary N) is 1. The van der Waals surface area contributed by atoms with Crippen LogP contribution in [0, 0.1) is 5.92 Å². The Balaban J connectivity index is 1.23. The lowest BCUT2D eigenvalue weighted by atomic mass is 9.93. The number of carbonyl (C=O) groups excluding carboxylic acids is 1. The summed E-state index contributed by atoms with van der Waals surface area (Å²) in [5.74, 6) is 1.07. The molecule has 0 spiro atoms. The molecule has 1 amide bonds. The van der Waals surface area contributed by atoms with Crippen molar-refractivity contribution in [2.24, 2.45) is 5.92 Å². The fourth-order valence-electron chi connectivity index (χ4n) is 4.47. The van der Waals surface area contributed by atoms with Crippen LogP contribution in [0.25, 0.3) is 0 Å². The van der Waals surface area contributed by atoms with Crippen molar-refractivity contribution < 1.29 is 9.21 Å². The van der Waals surface area contributed by atoms with E-state index < -0.39 is 0 Å². The topological polar surface area (TPSA) is 61.6 Å². The number of nitrogens with zero attached hydrogens (tertiary/aromatic N) is 3. The number of hydrogen-bond donors (Lipinski definition) is 1. The van der Waals surface area contributed by atoms with Crippen molar-refractivity contribution in [1.82, 2.24) is 20.1 Å². The molecule has 0 aliphatic carbocycles. The second-order valence-electron chi connectivity index (χ2n) is 7.99. The zero-order chi connectivity index (χ0) is 19.2. The Morgan fingerprint density at radius 2 is 1.96 bits per heavy atom. The van der Waals surface area contributed by atoms with Gasteiger partial charge in [-0.1, -0.05) is 0 Å². The molecule has 2 aromatic heterocycles. The standard InChI is InChI=1S/C22H30N4O2/c27-22(24-15-21-4-2-14-28-21)19-3-1-11-26(17-19)20-7-12-25(13-8-20)16-18-5-9-23-10-6-18/h2,4-6,9-10,14,19-20H,1,3,7-8,11-13,15-17H2,(H,24,27)/t19-/m1/s1. The van der Waals surface area contributed by atoms with E-state index in [1.165, 1.54) is 18.4 Å². The van der Waals surface area contributed by atoms with Gasteiger partial charge in [0.05, 0.1) is 18.7 Å². The summed E-state index contributed by atoms with van der Waals surface area (Å²) in [5, 5.41) is 3.04. The number of pyridine rings is 1. The molecular weight excluding hydrogens is 352 g/mol. The van der Waals surface area contributed by atoms with Crippen molar-refractivity contribution in [2.75, 3.05) is 26.2 Å². The molecule has 6 nitrogen and oxygen atoms in total. The molecular formula is C22H30N4O2. The van der Waals surface area contributed by atoms with Crippen molar-refractivity contribution in [3.05, 3.63) is 54.2 Å². The van der Waals surface area contributed by atoms with E-state index in [4.69, 9.17) is 4.42 Å². The molecule has 6 heteroatoms. The van der Waals surface area contributed by atoms with Gasteiger partial charge in [0.25, 0.3) is 0 Å². The van der Waals surface area contributed by atoms with Crippen LogP contribution in [-0.2, 0) is 17.9 Å². The number of amides is 1. The molecule has 4 rings (SSSR count). The van der Waals surface area contributed by atoms with Crippen LogP contribution in [0.2, 0.25) is 0 Å². The first-order valence-corrected chi connectivity index (χ1v) is 10.4. The molecule has 0 saturated carbocycles. The summed E-state index contributed by atoms with van der Waals surface area (Å²) < 4.78 is 5.31. The van der Waals surface area contributed by atoms with Crippen molar-refractivity contribution in [1.29, 1.82) is 0 Å². The van der Waals surface area contributed by atoms with E-state index in [1.807, 2.05) is 24.5 Å². The summed E-state index contributed by atoms with van der Waals surface area (Å²) in [6.07, 6.45) is 9.85. The molecule has 1 atom stereocenters. The Hall–Kier alpha value is -2.18. The summed E-state index contributed by atoms with van der Waals surface area (Å²) in [5.41, 5.74) is 1.33. The predicted molar refractivity (Wildman–Crippen MR) is 107 cm³/mol. The van der Waals surface area contributed by atoms with Crippen LogP contribution >= 0.6 is 0 Å². The van der Waals surface area contributed by atoms with Crippen LogP contribution < -0.4 is 5.32 Å². The number of carbonyl (C=O) groups is 1. The predicted octanol–water partition coefficient (Wildman–Crippen LogP) is 2.67. The molecule has 2 saturated heterocycles. The van der Waals surface area contributed by atoms with Gasteiger partial charge in [-0.15, -0.1) is 0 Å². The molecule has 0 bridgehead atoms. The fraction of sp³-hybridized carbons (Fsp3) is 0.545. The normalized spacial score (nSPS) is 22.2. The molecule has 0 aromatic carbocycles. The van der Waals surface area contributed by atoms with Crippen molar-refractivity contribution in [3.8, 4) is 0 Å². The maximum absolute atomic E-state index is 12.6. The quantitative estimate of drug-likeness (QED) is 0.832. The Kier molecular flexibility index (Phi) is 6.39. The highest BCUT2D eigenvalue weighted by molar-refractivity contribution is 5.78. The van der Waals surface area contributed by atoms with E-state index in [0.29, 0.717) is 12.6 Å². The number of likely N-dealkylation sites (tertiary alicyclic amines) is 2. The Labute approximate surface area is 166 Å². The summed E-state index contributed by atoms with van der Waals surface area (Å²) in [6.45, 7) is 5.75. The molecule has 2 aromatic rings.